The molecule has 1 saturated heterocycles. The third kappa shape index (κ3) is 7.95. The highest BCUT2D eigenvalue weighted by Crippen LogP contribution is 2.33. The van der Waals surface area contributed by atoms with E-state index in [9.17, 15) is 14.7 Å². The molecule has 1 amide bonds. The Kier molecular flexibility index (Phi) is 10.1. The first-order valence-corrected chi connectivity index (χ1v) is 12.9. The molecule has 1 heterocycles. The van der Waals surface area contributed by atoms with Gasteiger partial charge in [0, 0.05) is 32.1 Å². The van der Waals surface area contributed by atoms with E-state index in [2.05, 4.69) is 30.5 Å². The number of rotatable bonds is 12. The van der Waals surface area contributed by atoms with E-state index in [-0.39, 0.29) is 30.6 Å². The van der Waals surface area contributed by atoms with Gasteiger partial charge in [0.15, 0.2) is 0 Å². The molecular weight excluding hydrogens is 452 g/mol. The Morgan fingerprint density at radius 3 is 2.39 bits per heavy atom. The lowest BCUT2D eigenvalue weighted by Crippen LogP contribution is -2.48. The zero-order valence-electron chi connectivity index (χ0n) is 21.7. The Bertz CT molecular complexity index is 984. The Hall–Kier alpha value is -3.12. The monoisotopic (exact) mass is 492 g/mol. The third-order valence-corrected chi connectivity index (χ3v) is 7.38. The number of carbonyl (C=O) groups is 2. The van der Waals surface area contributed by atoms with E-state index in [1.165, 1.54) is 11.1 Å². The van der Waals surface area contributed by atoms with Crippen LogP contribution in [0.4, 0.5) is 4.79 Å². The molecule has 1 N–H and O–H groups in total. The van der Waals surface area contributed by atoms with Crippen molar-refractivity contribution in [1.29, 1.82) is 0 Å². The van der Waals surface area contributed by atoms with E-state index in [0.717, 1.165) is 44.5 Å². The highest BCUT2D eigenvalue weighted by Gasteiger charge is 2.31. The fraction of sp³-hybridized carbons (Fsp3) is 0.467. The standard InChI is InChI=1S/C30H40N2O4/c1-4-19-32(29(35)36-23-25-12-10-24(2)11-13-25)27-15-20-31(21-16-27)22-18-30(3,17-14-28(33)34)26-8-6-5-7-9-26/h4-13,27H,1,14-23H2,2-3H3,(H,33,34). The summed E-state index contributed by atoms with van der Waals surface area (Å²) in [6.07, 6.45) is 4.89. The van der Waals surface area contributed by atoms with Gasteiger partial charge in [0.05, 0.1) is 0 Å². The van der Waals surface area contributed by atoms with Crippen LogP contribution in [0.1, 0.15) is 55.7 Å². The lowest BCUT2D eigenvalue weighted by atomic mass is 9.75. The molecule has 0 radical (unpaired) electrons. The van der Waals surface area contributed by atoms with E-state index in [1.807, 2.05) is 49.4 Å². The number of carboxylic acids is 1. The summed E-state index contributed by atoms with van der Waals surface area (Å²) in [7, 11) is 0. The zero-order chi connectivity index (χ0) is 26.0. The maximum atomic E-state index is 12.9. The van der Waals surface area contributed by atoms with Gasteiger partial charge < -0.3 is 19.6 Å². The normalized spacial score (nSPS) is 16.2. The number of piperidine rings is 1. The van der Waals surface area contributed by atoms with Crippen LogP contribution in [0.2, 0.25) is 0 Å². The topological polar surface area (TPSA) is 70.1 Å². The maximum absolute atomic E-state index is 12.9. The fourth-order valence-electron chi connectivity index (χ4n) is 4.92. The molecule has 0 aromatic heterocycles. The van der Waals surface area contributed by atoms with Gasteiger partial charge in [0.25, 0.3) is 0 Å². The molecule has 0 spiro atoms. The van der Waals surface area contributed by atoms with Crippen molar-refractivity contribution < 1.29 is 19.4 Å². The number of likely N-dealkylation sites (tertiary alicyclic amines) is 1. The summed E-state index contributed by atoms with van der Waals surface area (Å²) in [6, 6.07) is 18.4. The molecule has 1 unspecified atom stereocenters. The predicted molar refractivity (Wildman–Crippen MR) is 143 cm³/mol. The zero-order valence-corrected chi connectivity index (χ0v) is 21.7. The number of hydrogen-bond donors (Lipinski definition) is 1. The lowest BCUT2D eigenvalue weighted by molar-refractivity contribution is -0.137. The second-order valence-electron chi connectivity index (χ2n) is 10.1. The van der Waals surface area contributed by atoms with Gasteiger partial charge in [-0.25, -0.2) is 4.79 Å². The summed E-state index contributed by atoms with van der Waals surface area (Å²) in [5, 5.41) is 9.26. The molecule has 2 aromatic rings. The van der Waals surface area contributed by atoms with Crippen LogP contribution < -0.4 is 0 Å². The van der Waals surface area contributed by atoms with Crippen molar-refractivity contribution in [3.05, 3.63) is 83.9 Å². The van der Waals surface area contributed by atoms with Gasteiger partial charge in [-0.05, 0) is 55.7 Å². The Morgan fingerprint density at radius 2 is 1.78 bits per heavy atom. The molecule has 194 valence electrons. The lowest BCUT2D eigenvalue weighted by Gasteiger charge is -2.39. The van der Waals surface area contributed by atoms with Crippen molar-refractivity contribution in [2.75, 3.05) is 26.2 Å². The Labute approximate surface area is 215 Å². The van der Waals surface area contributed by atoms with E-state index in [4.69, 9.17) is 4.74 Å². The van der Waals surface area contributed by atoms with Crippen LogP contribution in [0, 0.1) is 6.92 Å². The second-order valence-corrected chi connectivity index (χ2v) is 10.1. The van der Waals surface area contributed by atoms with Crippen LogP contribution in [0.3, 0.4) is 0 Å². The van der Waals surface area contributed by atoms with Gasteiger partial charge in [0.2, 0.25) is 0 Å². The van der Waals surface area contributed by atoms with Crippen molar-refractivity contribution in [3.8, 4) is 0 Å². The van der Waals surface area contributed by atoms with Crippen LogP contribution in [-0.4, -0.2) is 59.2 Å². The largest absolute Gasteiger partial charge is 0.481 e. The van der Waals surface area contributed by atoms with Crippen molar-refractivity contribution in [3.63, 3.8) is 0 Å². The van der Waals surface area contributed by atoms with Gasteiger partial charge in [-0.3, -0.25) is 4.79 Å². The number of benzene rings is 2. The average molecular weight is 493 g/mol. The van der Waals surface area contributed by atoms with Crippen LogP contribution >= 0.6 is 0 Å². The molecular formula is C30H40N2O4. The molecule has 1 aliphatic rings. The molecule has 1 aliphatic heterocycles. The summed E-state index contributed by atoms with van der Waals surface area (Å²) in [4.78, 5) is 28.4. The number of nitrogens with zero attached hydrogens (tertiary/aromatic N) is 2. The number of aryl methyl sites for hydroxylation is 1. The van der Waals surface area contributed by atoms with Crippen LogP contribution in [0.15, 0.2) is 67.3 Å². The van der Waals surface area contributed by atoms with E-state index in [0.29, 0.717) is 13.0 Å². The highest BCUT2D eigenvalue weighted by molar-refractivity contribution is 5.68. The van der Waals surface area contributed by atoms with Gasteiger partial charge in [-0.15, -0.1) is 6.58 Å². The minimum absolute atomic E-state index is 0.122. The number of aliphatic carboxylic acids is 1. The summed E-state index contributed by atoms with van der Waals surface area (Å²) < 4.78 is 5.63. The first kappa shape index (κ1) is 27.5. The van der Waals surface area contributed by atoms with Crippen LogP contribution in [0.5, 0.6) is 0 Å². The molecule has 1 atom stereocenters. The first-order valence-electron chi connectivity index (χ1n) is 12.9. The summed E-state index contributed by atoms with van der Waals surface area (Å²) in [5.74, 6) is -0.755. The molecule has 6 heteroatoms. The number of carboxylic acid groups (broad SMARTS) is 1. The van der Waals surface area contributed by atoms with Crippen molar-refractivity contribution >= 4 is 12.1 Å². The molecule has 2 aromatic carbocycles. The smallest absolute Gasteiger partial charge is 0.410 e. The molecule has 3 rings (SSSR count). The van der Waals surface area contributed by atoms with Gasteiger partial charge >= 0.3 is 12.1 Å². The molecule has 0 bridgehead atoms. The number of amides is 1. The first-order chi connectivity index (χ1) is 17.3. The van der Waals surface area contributed by atoms with Gasteiger partial charge in [0.1, 0.15) is 6.61 Å². The number of carbonyl (C=O) groups excluding carboxylic acids is 1. The third-order valence-electron chi connectivity index (χ3n) is 7.38. The molecule has 0 saturated carbocycles. The van der Waals surface area contributed by atoms with E-state index in [1.54, 1.807) is 11.0 Å². The Morgan fingerprint density at radius 1 is 1.11 bits per heavy atom. The highest BCUT2D eigenvalue weighted by atomic mass is 16.6. The summed E-state index contributed by atoms with van der Waals surface area (Å²) in [5.41, 5.74) is 3.16. The van der Waals surface area contributed by atoms with Crippen molar-refractivity contribution in [1.82, 2.24) is 9.80 Å². The quantitative estimate of drug-likeness (QED) is 0.379. The van der Waals surface area contributed by atoms with Crippen molar-refractivity contribution in [2.24, 2.45) is 0 Å². The SMILES string of the molecule is C=CCN(C(=O)OCc1ccc(C)cc1)C1CCN(CCC(C)(CCC(=O)O)c2ccccc2)CC1. The molecule has 6 nitrogen and oxygen atoms in total. The minimum atomic E-state index is -0.755. The van der Waals surface area contributed by atoms with Crippen LogP contribution in [0.25, 0.3) is 0 Å². The summed E-state index contributed by atoms with van der Waals surface area (Å²) in [6.45, 7) is 11.5. The molecule has 1 fully saturated rings. The second kappa shape index (κ2) is 13.3. The van der Waals surface area contributed by atoms with Crippen molar-refractivity contribution in [2.45, 2.75) is 64.0 Å². The Balaban J connectivity index is 1.53. The van der Waals surface area contributed by atoms with E-state index >= 15 is 0 Å². The van der Waals surface area contributed by atoms with Gasteiger partial charge in [-0.2, -0.15) is 0 Å². The molecule has 0 aliphatic carbocycles. The summed E-state index contributed by atoms with van der Waals surface area (Å²) >= 11 is 0. The number of ether oxygens (including phenoxy) is 1. The van der Waals surface area contributed by atoms with E-state index < -0.39 is 5.97 Å². The van der Waals surface area contributed by atoms with Gasteiger partial charge in [-0.1, -0.05) is 73.2 Å². The number of hydrogen-bond acceptors (Lipinski definition) is 4. The van der Waals surface area contributed by atoms with Crippen LogP contribution in [-0.2, 0) is 21.6 Å². The molecule has 36 heavy (non-hydrogen) atoms. The predicted octanol–water partition coefficient (Wildman–Crippen LogP) is 5.80. The maximum Gasteiger partial charge on any atom is 0.410 e. The fourth-order valence-corrected chi connectivity index (χ4v) is 4.92. The minimum Gasteiger partial charge on any atom is -0.481 e. The average Bonchev–Trinajstić information content (AvgIpc) is 2.90.